The molecule has 1 rings (SSSR count). The summed E-state index contributed by atoms with van der Waals surface area (Å²) >= 11 is 0. The van der Waals surface area contributed by atoms with Crippen molar-refractivity contribution in [2.45, 2.75) is 5.73 Å². The van der Waals surface area contributed by atoms with Crippen LogP contribution < -0.4 is 0 Å². The molecule has 1 atom stereocenters. The summed E-state index contributed by atoms with van der Waals surface area (Å²) in [4.78, 5) is 0. The van der Waals surface area contributed by atoms with Crippen LogP contribution in [-0.4, -0.2) is 42.5 Å². The Morgan fingerprint density at radius 1 is 1.20 bits per heavy atom. The highest BCUT2D eigenvalue weighted by Gasteiger charge is 2.55. The first-order valence-corrected chi connectivity index (χ1v) is 4.86. The molecule has 0 amide bonds. The van der Waals surface area contributed by atoms with Crippen LogP contribution in [0.3, 0.4) is 0 Å². The first kappa shape index (κ1) is 8.16. The maximum atomic E-state index is 5.13. The Bertz CT molecular complexity index is 102. The van der Waals surface area contributed by atoms with Crippen LogP contribution in [0.5, 0.6) is 0 Å². The molecule has 0 bridgehead atoms. The van der Waals surface area contributed by atoms with Crippen molar-refractivity contribution >= 4 is 8.80 Å². The third kappa shape index (κ3) is 1.23. The van der Waals surface area contributed by atoms with Crippen molar-refractivity contribution in [1.82, 2.24) is 0 Å². The lowest BCUT2D eigenvalue weighted by Crippen LogP contribution is -2.49. The van der Waals surface area contributed by atoms with Crippen molar-refractivity contribution in [3.63, 3.8) is 0 Å². The van der Waals surface area contributed by atoms with Crippen LogP contribution >= 0.6 is 0 Å². The normalized spacial score (nSPS) is 24.9. The van der Waals surface area contributed by atoms with E-state index >= 15 is 0 Å². The molecule has 1 aliphatic rings. The van der Waals surface area contributed by atoms with Gasteiger partial charge < -0.3 is 18.0 Å². The molecule has 4 nitrogen and oxygen atoms in total. The second-order valence-corrected chi connectivity index (χ2v) is 5.11. The lowest BCUT2D eigenvalue weighted by atomic mass is 11.0. The third-order valence-corrected chi connectivity index (χ3v) is 4.41. The number of rotatable bonds is 4. The van der Waals surface area contributed by atoms with Gasteiger partial charge in [0.2, 0.25) is 0 Å². The monoisotopic (exact) mass is 164 g/mol. The molecule has 5 heteroatoms. The van der Waals surface area contributed by atoms with E-state index in [0.717, 1.165) is 0 Å². The average Bonchev–Trinajstić information content (AvgIpc) is 2.77. The zero-order chi connectivity index (χ0) is 7.61. The highest BCUT2D eigenvalue weighted by atomic mass is 28.4. The van der Waals surface area contributed by atoms with Crippen molar-refractivity contribution in [1.29, 1.82) is 0 Å². The van der Waals surface area contributed by atoms with Crippen LogP contribution in [0.1, 0.15) is 0 Å². The van der Waals surface area contributed by atoms with E-state index in [1.54, 1.807) is 21.3 Å². The fraction of sp³-hybridized carbons (Fsp3) is 1.00. The van der Waals surface area contributed by atoms with Gasteiger partial charge in [-0.05, 0) is 0 Å². The summed E-state index contributed by atoms with van der Waals surface area (Å²) in [5.74, 6) is 0. The number of epoxide rings is 1. The fourth-order valence-corrected chi connectivity index (χ4v) is 2.69. The molecule has 0 aromatic carbocycles. The summed E-state index contributed by atoms with van der Waals surface area (Å²) in [5, 5.41) is 0. The van der Waals surface area contributed by atoms with E-state index in [4.69, 9.17) is 18.0 Å². The molecule has 0 spiro atoms. The molecule has 1 fully saturated rings. The van der Waals surface area contributed by atoms with Crippen molar-refractivity contribution in [2.75, 3.05) is 27.9 Å². The zero-order valence-corrected chi connectivity index (χ0v) is 7.42. The van der Waals surface area contributed by atoms with Crippen LogP contribution in [0.4, 0.5) is 0 Å². The molecule has 0 aromatic rings. The molecule has 0 radical (unpaired) electrons. The summed E-state index contributed by atoms with van der Waals surface area (Å²) in [5.41, 5.74) is 0.0625. The van der Waals surface area contributed by atoms with E-state index < -0.39 is 8.80 Å². The lowest BCUT2D eigenvalue weighted by molar-refractivity contribution is 0.110. The predicted molar refractivity (Wildman–Crippen MR) is 36.5 cm³/mol. The Balaban J connectivity index is 2.52. The van der Waals surface area contributed by atoms with Crippen LogP contribution in [0.15, 0.2) is 0 Å². The first-order chi connectivity index (χ1) is 4.79. The standard InChI is InChI=1S/C5H12O4Si/c1-6-10(7-2,8-3)5-4-9-5/h5H,4H2,1-3H3. The average molecular weight is 164 g/mol. The van der Waals surface area contributed by atoms with Gasteiger partial charge in [-0.25, -0.2) is 0 Å². The van der Waals surface area contributed by atoms with Crippen molar-refractivity contribution in [3.05, 3.63) is 0 Å². The van der Waals surface area contributed by atoms with E-state index in [1.165, 1.54) is 0 Å². The maximum absolute atomic E-state index is 5.13. The SMILES string of the molecule is CO[Si](OC)(OC)C1CO1. The topological polar surface area (TPSA) is 40.2 Å². The molecule has 1 aliphatic heterocycles. The van der Waals surface area contributed by atoms with Crippen LogP contribution in [0.2, 0.25) is 0 Å². The predicted octanol–water partition coefficient (Wildman–Crippen LogP) is -0.198. The highest BCUT2D eigenvalue weighted by molar-refractivity contribution is 6.62. The van der Waals surface area contributed by atoms with Gasteiger partial charge in [0.25, 0.3) is 0 Å². The molecule has 1 saturated heterocycles. The summed E-state index contributed by atoms with van der Waals surface area (Å²) in [6, 6.07) is 0. The molecule has 60 valence electrons. The van der Waals surface area contributed by atoms with Crippen molar-refractivity contribution in [3.8, 4) is 0 Å². The second-order valence-electron chi connectivity index (χ2n) is 2.04. The van der Waals surface area contributed by atoms with E-state index in [9.17, 15) is 0 Å². The van der Waals surface area contributed by atoms with Gasteiger partial charge >= 0.3 is 8.80 Å². The van der Waals surface area contributed by atoms with Gasteiger partial charge in [0.15, 0.2) is 5.73 Å². The minimum absolute atomic E-state index is 0.0625. The van der Waals surface area contributed by atoms with E-state index in [2.05, 4.69) is 0 Å². The Morgan fingerprint density at radius 2 is 1.60 bits per heavy atom. The molecular weight excluding hydrogens is 152 g/mol. The maximum Gasteiger partial charge on any atom is 0.533 e. The molecule has 1 unspecified atom stereocenters. The van der Waals surface area contributed by atoms with Gasteiger partial charge in [-0.1, -0.05) is 0 Å². The van der Waals surface area contributed by atoms with E-state index in [-0.39, 0.29) is 5.73 Å². The zero-order valence-electron chi connectivity index (χ0n) is 6.42. The number of ether oxygens (including phenoxy) is 1. The summed E-state index contributed by atoms with van der Waals surface area (Å²) in [6.45, 7) is 0.696. The van der Waals surface area contributed by atoms with Crippen LogP contribution in [0.25, 0.3) is 0 Å². The van der Waals surface area contributed by atoms with Crippen LogP contribution in [0, 0.1) is 0 Å². The number of hydrogen-bond donors (Lipinski definition) is 0. The molecule has 10 heavy (non-hydrogen) atoms. The largest absolute Gasteiger partial charge is 0.533 e. The van der Waals surface area contributed by atoms with Crippen molar-refractivity contribution in [2.24, 2.45) is 0 Å². The Labute approximate surface area is 61.4 Å². The molecule has 0 saturated carbocycles. The van der Waals surface area contributed by atoms with Gasteiger partial charge in [0, 0.05) is 21.3 Å². The van der Waals surface area contributed by atoms with E-state index in [1.807, 2.05) is 0 Å². The lowest BCUT2D eigenvalue weighted by Gasteiger charge is -2.21. The smallest absolute Gasteiger partial charge is 0.375 e. The van der Waals surface area contributed by atoms with Gasteiger partial charge in [0.1, 0.15) is 0 Å². The van der Waals surface area contributed by atoms with Crippen LogP contribution in [-0.2, 0) is 18.0 Å². The summed E-state index contributed by atoms with van der Waals surface area (Å²) < 4.78 is 20.4. The fourth-order valence-electron chi connectivity index (χ4n) is 0.897. The Hall–Kier alpha value is 0.0569. The van der Waals surface area contributed by atoms with Gasteiger partial charge in [0.05, 0.1) is 6.61 Å². The minimum atomic E-state index is -2.41. The molecule has 0 aromatic heterocycles. The number of hydrogen-bond acceptors (Lipinski definition) is 4. The molecular formula is C5H12O4Si. The first-order valence-electron chi connectivity index (χ1n) is 3.06. The molecule has 0 aliphatic carbocycles. The molecule has 0 N–H and O–H groups in total. The third-order valence-electron chi connectivity index (χ3n) is 1.58. The van der Waals surface area contributed by atoms with Gasteiger partial charge in [-0.2, -0.15) is 0 Å². The highest BCUT2D eigenvalue weighted by Crippen LogP contribution is 2.24. The second kappa shape index (κ2) is 2.98. The van der Waals surface area contributed by atoms with Gasteiger partial charge in [-0.15, -0.1) is 0 Å². The van der Waals surface area contributed by atoms with E-state index in [0.29, 0.717) is 6.61 Å². The minimum Gasteiger partial charge on any atom is -0.375 e. The molecule has 1 heterocycles. The summed E-state index contributed by atoms with van der Waals surface area (Å²) in [6.07, 6.45) is 0. The van der Waals surface area contributed by atoms with Crippen molar-refractivity contribution < 1.29 is 18.0 Å². The quantitative estimate of drug-likeness (QED) is 0.426. The summed E-state index contributed by atoms with van der Waals surface area (Å²) in [7, 11) is 2.35. The van der Waals surface area contributed by atoms with Gasteiger partial charge in [-0.3, -0.25) is 0 Å². The Morgan fingerprint density at radius 3 is 1.70 bits per heavy atom. The Kier molecular flexibility index (Phi) is 2.43.